The molecule has 1 saturated heterocycles. The SMILES string of the molecule is CCOC(=O)N1CCCC(C(=O)NCCSCc2cccc3ccccc23)C1. The average molecular weight is 401 g/mol. The van der Waals surface area contributed by atoms with Crippen LogP contribution in [-0.2, 0) is 15.3 Å². The number of thioether (sulfide) groups is 1. The maximum absolute atomic E-state index is 12.4. The van der Waals surface area contributed by atoms with Crippen LogP contribution in [0.2, 0.25) is 0 Å². The molecule has 1 N–H and O–H groups in total. The number of hydrogen-bond acceptors (Lipinski definition) is 4. The van der Waals surface area contributed by atoms with E-state index in [4.69, 9.17) is 4.74 Å². The number of nitrogens with zero attached hydrogens (tertiary/aromatic N) is 1. The number of hydrogen-bond donors (Lipinski definition) is 1. The van der Waals surface area contributed by atoms with Crippen LogP contribution in [0.1, 0.15) is 25.3 Å². The van der Waals surface area contributed by atoms with E-state index in [-0.39, 0.29) is 17.9 Å². The molecule has 1 heterocycles. The number of likely N-dealkylation sites (tertiary alicyclic amines) is 1. The molecular weight excluding hydrogens is 372 g/mol. The molecule has 1 aliphatic rings. The topological polar surface area (TPSA) is 58.6 Å². The van der Waals surface area contributed by atoms with Gasteiger partial charge in [-0.15, -0.1) is 0 Å². The highest BCUT2D eigenvalue weighted by atomic mass is 32.2. The second-order valence-corrected chi connectivity index (χ2v) is 8.07. The number of carbonyl (C=O) groups excluding carboxylic acids is 2. The van der Waals surface area contributed by atoms with Crippen molar-refractivity contribution in [2.45, 2.75) is 25.5 Å². The number of rotatable bonds is 7. The first-order chi connectivity index (χ1) is 13.7. The van der Waals surface area contributed by atoms with Gasteiger partial charge in [0.05, 0.1) is 12.5 Å². The van der Waals surface area contributed by atoms with E-state index in [1.165, 1.54) is 16.3 Å². The third kappa shape index (κ3) is 5.41. The Morgan fingerprint density at radius 1 is 1.21 bits per heavy atom. The minimum Gasteiger partial charge on any atom is -0.450 e. The molecule has 2 aromatic carbocycles. The molecular formula is C22H28N2O3S. The second kappa shape index (κ2) is 10.4. The molecule has 0 spiro atoms. The van der Waals surface area contributed by atoms with E-state index in [0.717, 1.165) is 24.3 Å². The molecule has 1 fully saturated rings. The molecule has 3 rings (SSSR count). The minimum atomic E-state index is -0.314. The van der Waals surface area contributed by atoms with E-state index < -0.39 is 0 Å². The first-order valence-corrected chi connectivity index (χ1v) is 11.1. The van der Waals surface area contributed by atoms with Crippen LogP contribution in [0.4, 0.5) is 4.79 Å². The zero-order chi connectivity index (χ0) is 19.8. The van der Waals surface area contributed by atoms with Crippen molar-refractivity contribution in [3.8, 4) is 0 Å². The molecule has 1 atom stereocenters. The zero-order valence-electron chi connectivity index (χ0n) is 16.4. The lowest BCUT2D eigenvalue weighted by atomic mass is 9.97. The Hall–Kier alpha value is -2.21. The predicted molar refractivity (Wildman–Crippen MR) is 114 cm³/mol. The van der Waals surface area contributed by atoms with Gasteiger partial charge in [-0.05, 0) is 36.1 Å². The molecule has 0 radical (unpaired) electrons. The predicted octanol–water partition coefficient (Wildman–Crippen LogP) is 4.06. The van der Waals surface area contributed by atoms with Crippen LogP contribution < -0.4 is 5.32 Å². The minimum absolute atomic E-state index is 0.0414. The molecule has 1 unspecified atom stereocenters. The van der Waals surface area contributed by atoms with Gasteiger partial charge in [-0.2, -0.15) is 11.8 Å². The molecule has 2 aromatic rings. The normalized spacial score (nSPS) is 16.8. The Labute approximate surface area is 170 Å². The molecule has 6 heteroatoms. The van der Waals surface area contributed by atoms with Crippen molar-refractivity contribution in [2.24, 2.45) is 5.92 Å². The highest BCUT2D eigenvalue weighted by Crippen LogP contribution is 2.22. The molecule has 28 heavy (non-hydrogen) atoms. The Bertz CT molecular complexity index is 806. The Morgan fingerprint density at radius 3 is 2.89 bits per heavy atom. The van der Waals surface area contributed by atoms with Crippen molar-refractivity contribution in [1.29, 1.82) is 0 Å². The number of ether oxygens (including phenoxy) is 1. The zero-order valence-corrected chi connectivity index (χ0v) is 17.2. The maximum Gasteiger partial charge on any atom is 0.409 e. The third-order valence-corrected chi connectivity index (χ3v) is 6.01. The number of carbonyl (C=O) groups is 2. The summed E-state index contributed by atoms with van der Waals surface area (Å²) in [5.74, 6) is 1.70. The maximum atomic E-state index is 12.4. The molecule has 150 valence electrons. The highest BCUT2D eigenvalue weighted by Gasteiger charge is 2.28. The van der Waals surface area contributed by atoms with Crippen molar-refractivity contribution in [3.63, 3.8) is 0 Å². The van der Waals surface area contributed by atoms with Crippen LogP contribution >= 0.6 is 11.8 Å². The summed E-state index contributed by atoms with van der Waals surface area (Å²) in [4.78, 5) is 25.9. The van der Waals surface area contributed by atoms with Crippen molar-refractivity contribution >= 4 is 34.5 Å². The Kier molecular flexibility index (Phi) is 7.60. The van der Waals surface area contributed by atoms with Crippen molar-refractivity contribution in [2.75, 3.05) is 32.0 Å². The largest absolute Gasteiger partial charge is 0.450 e. The fourth-order valence-electron chi connectivity index (χ4n) is 3.56. The molecule has 5 nitrogen and oxygen atoms in total. The fourth-order valence-corrected chi connectivity index (χ4v) is 4.43. The van der Waals surface area contributed by atoms with E-state index in [1.807, 2.05) is 11.8 Å². The van der Waals surface area contributed by atoms with Crippen LogP contribution in [0, 0.1) is 5.92 Å². The Morgan fingerprint density at radius 2 is 2.04 bits per heavy atom. The molecule has 2 amide bonds. The summed E-state index contributed by atoms with van der Waals surface area (Å²) in [5.41, 5.74) is 1.33. The molecule has 0 aliphatic carbocycles. The van der Waals surface area contributed by atoms with Crippen LogP contribution in [0.25, 0.3) is 10.8 Å². The summed E-state index contributed by atoms with van der Waals surface area (Å²) in [7, 11) is 0. The van der Waals surface area contributed by atoms with Gasteiger partial charge in [0.1, 0.15) is 0 Å². The number of amides is 2. The summed E-state index contributed by atoms with van der Waals surface area (Å²) in [6.07, 6.45) is 1.35. The number of fused-ring (bicyclic) bond motifs is 1. The van der Waals surface area contributed by atoms with Gasteiger partial charge in [-0.25, -0.2) is 4.79 Å². The summed E-state index contributed by atoms with van der Waals surface area (Å²) in [6, 6.07) is 14.8. The van der Waals surface area contributed by atoms with Crippen LogP contribution in [0.15, 0.2) is 42.5 Å². The van der Waals surface area contributed by atoms with Gasteiger partial charge in [0.15, 0.2) is 0 Å². The molecule has 1 aliphatic heterocycles. The summed E-state index contributed by atoms with van der Waals surface area (Å²) >= 11 is 1.82. The summed E-state index contributed by atoms with van der Waals surface area (Å²) in [6.45, 7) is 3.92. The smallest absolute Gasteiger partial charge is 0.409 e. The molecule has 0 saturated carbocycles. The van der Waals surface area contributed by atoms with Crippen molar-refractivity contribution < 1.29 is 14.3 Å². The fraction of sp³-hybridized carbons (Fsp3) is 0.455. The van der Waals surface area contributed by atoms with Gasteiger partial charge in [-0.3, -0.25) is 4.79 Å². The van der Waals surface area contributed by atoms with Crippen LogP contribution in [0.3, 0.4) is 0 Å². The van der Waals surface area contributed by atoms with Gasteiger partial charge >= 0.3 is 6.09 Å². The standard InChI is InChI=1S/C22H28N2O3S/c1-2-27-22(26)24-13-6-10-18(15-24)21(25)23-12-14-28-16-19-9-5-8-17-7-3-4-11-20(17)19/h3-5,7-9,11,18H,2,6,10,12-16H2,1H3,(H,23,25). The lowest BCUT2D eigenvalue weighted by Crippen LogP contribution is -2.46. The highest BCUT2D eigenvalue weighted by molar-refractivity contribution is 7.98. The van der Waals surface area contributed by atoms with E-state index in [9.17, 15) is 9.59 Å². The average Bonchev–Trinajstić information content (AvgIpc) is 2.73. The quantitative estimate of drug-likeness (QED) is 0.712. The van der Waals surface area contributed by atoms with Gasteiger partial charge in [-0.1, -0.05) is 42.5 Å². The van der Waals surface area contributed by atoms with E-state index >= 15 is 0 Å². The van der Waals surface area contributed by atoms with E-state index in [1.54, 1.807) is 11.8 Å². The third-order valence-electron chi connectivity index (χ3n) is 5.00. The Balaban J connectivity index is 1.40. The summed E-state index contributed by atoms with van der Waals surface area (Å²) < 4.78 is 5.05. The van der Waals surface area contributed by atoms with Gasteiger partial charge in [0, 0.05) is 31.1 Å². The lowest BCUT2D eigenvalue weighted by Gasteiger charge is -2.31. The molecule has 0 bridgehead atoms. The van der Waals surface area contributed by atoms with Gasteiger partial charge in [0.2, 0.25) is 5.91 Å². The van der Waals surface area contributed by atoms with Crippen LogP contribution in [-0.4, -0.2) is 48.9 Å². The lowest BCUT2D eigenvalue weighted by molar-refractivity contribution is -0.126. The first-order valence-electron chi connectivity index (χ1n) is 9.93. The number of piperidine rings is 1. The van der Waals surface area contributed by atoms with Crippen molar-refractivity contribution in [3.05, 3.63) is 48.0 Å². The first kappa shape index (κ1) is 20.5. The van der Waals surface area contributed by atoms with Crippen LogP contribution in [0.5, 0.6) is 0 Å². The van der Waals surface area contributed by atoms with E-state index in [0.29, 0.717) is 26.2 Å². The van der Waals surface area contributed by atoms with Crippen molar-refractivity contribution in [1.82, 2.24) is 10.2 Å². The molecule has 0 aromatic heterocycles. The monoisotopic (exact) mass is 400 g/mol. The van der Waals surface area contributed by atoms with Gasteiger partial charge < -0.3 is 15.0 Å². The number of nitrogens with one attached hydrogen (secondary N) is 1. The number of benzene rings is 2. The summed E-state index contributed by atoms with van der Waals surface area (Å²) in [5, 5.41) is 5.58. The second-order valence-electron chi connectivity index (χ2n) is 6.97. The van der Waals surface area contributed by atoms with E-state index in [2.05, 4.69) is 47.8 Å². The van der Waals surface area contributed by atoms with Gasteiger partial charge in [0.25, 0.3) is 0 Å².